The molecule has 0 aromatic rings. The van der Waals surface area contributed by atoms with Crippen molar-refractivity contribution in [3.63, 3.8) is 0 Å². The Balaban J connectivity index is 2.50. The summed E-state index contributed by atoms with van der Waals surface area (Å²) < 4.78 is 5.70. The largest absolute Gasteiger partial charge is 0.377 e. The Morgan fingerprint density at radius 2 is 2.11 bits per heavy atom. The molecule has 1 saturated heterocycles. The second-order valence-electron chi connectivity index (χ2n) is 6.81. The molecule has 114 valence electrons. The molecule has 1 aliphatic heterocycles. The molecule has 0 bridgehead atoms. The summed E-state index contributed by atoms with van der Waals surface area (Å²) in [7, 11) is 1.85. The number of hydrogen-bond acceptors (Lipinski definition) is 3. The predicted octanol–water partition coefficient (Wildman–Crippen LogP) is 2.90. The van der Waals surface area contributed by atoms with Gasteiger partial charge >= 0.3 is 0 Å². The quantitative estimate of drug-likeness (QED) is 0.686. The first kappa shape index (κ1) is 16.9. The van der Waals surface area contributed by atoms with Crippen LogP contribution in [0.5, 0.6) is 0 Å². The van der Waals surface area contributed by atoms with Crippen LogP contribution in [0.2, 0.25) is 0 Å². The molecule has 3 heteroatoms. The summed E-state index contributed by atoms with van der Waals surface area (Å²) in [6.07, 6.45) is 4.89. The molecule has 0 radical (unpaired) electrons. The standard InChI is InChI=1S/C16H34N2O/c1-6-10-17-12-15(3,7-2)13-18-11-8-9-16(4,14-18)19-5/h17H,6-14H2,1-5H3. The molecule has 0 aromatic carbocycles. The zero-order chi connectivity index (χ0) is 14.4. The van der Waals surface area contributed by atoms with E-state index in [2.05, 4.69) is 37.9 Å². The summed E-state index contributed by atoms with van der Waals surface area (Å²) in [4.78, 5) is 2.60. The van der Waals surface area contributed by atoms with Crippen molar-refractivity contribution >= 4 is 0 Å². The van der Waals surface area contributed by atoms with E-state index in [0.717, 1.165) is 19.6 Å². The van der Waals surface area contributed by atoms with E-state index in [9.17, 15) is 0 Å². The number of piperidine rings is 1. The van der Waals surface area contributed by atoms with Crippen LogP contribution >= 0.6 is 0 Å². The maximum atomic E-state index is 5.70. The van der Waals surface area contributed by atoms with Gasteiger partial charge in [-0.3, -0.25) is 4.90 Å². The number of methoxy groups -OCH3 is 1. The zero-order valence-corrected chi connectivity index (χ0v) is 13.7. The van der Waals surface area contributed by atoms with E-state index in [1.165, 1.54) is 38.8 Å². The number of hydrogen-bond donors (Lipinski definition) is 1. The van der Waals surface area contributed by atoms with Crippen molar-refractivity contribution in [3.8, 4) is 0 Å². The van der Waals surface area contributed by atoms with Crippen molar-refractivity contribution in [2.45, 2.75) is 59.0 Å². The molecule has 3 nitrogen and oxygen atoms in total. The van der Waals surface area contributed by atoms with Crippen LogP contribution < -0.4 is 5.32 Å². The molecule has 1 aliphatic rings. The van der Waals surface area contributed by atoms with Crippen LogP contribution in [0.15, 0.2) is 0 Å². The fourth-order valence-corrected chi connectivity index (χ4v) is 3.01. The number of rotatable bonds is 8. The van der Waals surface area contributed by atoms with Gasteiger partial charge in [0, 0.05) is 26.7 Å². The summed E-state index contributed by atoms with van der Waals surface area (Å²) >= 11 is 0. The van der Waals surface area contributed by atoms with Crippen LogP contribution in [0.1, 0.15) is 53.4 Å². The molecular formula is C16H34N2O. The molecule has 0 saturated carbocycles. The van der Waals surface area contributed by atoms with Crippen LogP contribution in [0.25, 0.3) is 0 Å². The van der Waals surface area contributed by atoms with E-state index in [4.69, 9.17) is 4.74 Å². The van der Waals surface area contributed by atoms with Gasteiger partial charge in [-0.25, -0.2) is 0 Å². The van der Waals surface area contributed by atoms with Crippen molar-refractivity contribution in [2.24, 2.45) is 5.41 Å². The minimum Gasteiger partial charge on any atom is -0.377 e. The average molecular weight is 270 g/mol. The van der Waals surface area contributed by atoms with Crippen LogP contribution in [0.4, 0.5) is 0 Å². The van der Waals surface area contributed by atoms with Gasteiger partial charge in [0.05, 0.1) is 5.60 Å². The van der Waals surface area contributed by atoms with Crippen molar-refractivity contribution in [2.75, 3.05) is 39.8 Å². The molecule has 0 spiro atoms. The second-order valence-corrected chi connectivity index (χ2v) is 6.81. The Labute approximate surface area is 120 Å². The van der Waals surface area contributed by atoms with Crippen molar-refractivity contribution < 1.29 is 4.74 Å². The summed E-state index contributed by atoms with van der Waals surface area (Å²) in [5.41, 5.74) is 0.435. The van der Waals surface area contributed by atoms with E-state index in [1.54, 1.807) is 0 Å². The lowest BCUT2D eigenvalue weighted by atomic mass is 9.85. The molecule has 2 atom stereocenters. The predicted molar refractivity (Wildman–Crippen MR) is 82.6 cm³/mol. The second kappa shape index (κ2) is 7.61. The van der Waals surface area contributed by atoms with Gasteiger partial charge in [-0.2, -0.15) is 0 Å². The van der Waals surface area contributed by atoms with Gasteiger partial charge in [0.1, 0.15) is 0 Å². The average Bonchev–Trinajstić information content (AvgIpc) is 2.39. The maximum Gasteiger partial charge on any atom is 0.0777 e. The summed E-state index contributed by atoms with van der Waals surface area (Å²) in [5.74, 6) is 0. The molecule has 19 heavy (non-hydrogen) atoms. The van der Waals surface area contributed by atoms with Crippen LogP contribution in [0.3, 0.4) is 0 Å². The SMILES string of the molecule is CCCNCC(C)(CC)CN1CCCC(C)(OC)C1. The molecule has 0 aliphatic carbocycles. The van der Waals surface area contributed by atoms with Gasteiger partial charge in [-0.1, -0.05) is 20.8 Å². The first-order valence-electron chi connectivity index (χ1n) is 7.95. The fourth-order valence-electron chi connectivity index (χ4n) is 3.01. The molecule has 0 amide bonds. The van der Waals surface area contributed by atoms with Crippen molar-refractivity contribution in [1.82, 2.24) is 10.2 Å². The summed E-state index contributed by atoms with van der Waals surface area (Å²) in [6, 6.07) is 0. The number of nitrogens with one attached hydrogen (secondary N) is 1. The zero-order valence-electron chi connectivity index (χ0n) is 13.7. The van der Waals surface area contributed by atoms with E-state index in [-0.39, 0.29) is 5.60 Å². The fraction of sp³-hybridized carbons (Fsp3) is 1.00. The van der Waals surface area contributed by atoms with Crippen molar-refractivity contribution in [3.05, 3.63) is 0 Å². The van der Waals surface area contributed by atoms with E-state index in [0.29, 0.717) is 5.41 Å². The van der Waals surface area contributed by atoms with Crippen LogP contribution in [-0.4, -0.2) is 50.3 Å². The normalized spacial score (nSPS) is 28.3. The van der Waals surface area contributed by atoms with Gasteiger partial charge in [0.15, 0.2) is 0 Å². The van der Waals surface area contributed by atoms with Gasteiger partial charge in [0.25, 0.3) is 0 Å². The lowest BCUT2D eigenvalue weighted by Gasteiger charge is -2.43. The van der Waals surface area contributed by atoms with E-state index in [1.807, 2.05) is 7.11 Å². The first-order valence-corrected chi connectivity index (χ1v) is 7.95. The van der Waals surface area contributed by atoms with Gasteiger partial charge in [-0.15, -0.1) is 0 Å². The van der Waals surface area contributed by atoms with E-state index < -0.39 is 0 Å². The monoisotopic (exact) mass is 270 g/mol. The highest BCUT2D eigenvalue weighted by molar-refractivity contribution is 4.88. The molecule has 1 rings (SSSR count). The molecule has 2 unspecified atom stereocenters. The van der Waals surface area contributed by atoms with Crippen molar-refractivity contribution in [1.29, 1.82) is 0 Å². The summed E-state index contributed by atoms with van der Waals surface area (Å²) in [5, 5.41) is 3.59. The minimum absolute atomic E-state index is 0.0593. The Hall–Kier alpha value is -0.120. The van der Waals surface area contributed by atoms with Gasteiger partial charge in [0.2, 0.25) is 0 Å². The third-order valence-electron chi connectivity index (χ3n) is 4.67. The number of ether oxygens (including phenoxy) is 1. The highest BCUT2D eigenvalue weighted by Gasteiger charge is 2.34. The van der Waals surface area contributed by atoms with Gasteiger partial charge in [-0.05, 0) is 51.1 Å². The third-order valence-corrected chi connectivity index (χ3v) is 4.67. The highest BCUT2D eigenvalue weighted by Crippen LogP contribution is 2.28. The first-order chi connectivity index (χ1) is 8.97. The molecule has 1 fully saturated rings. The highest BCUT2D eigenvalue weighted by atomic mass is 16.5. The summed E-state index contributed by atoms with van der Waals surface area (Å²) in [6.45, 7) is 14.9. The molecule has 1 N–H and O–H groups in total. The Kier molecular flexibility index (Phi) is 6.78. The Morgan fingerprint density at radius 1 is 1.37 bits per heavy atom. The van der Waals surface area contributed by atoms with Gasteiger partial charge < -0.3 is 10.1 Å². The van der Waals surface area contributed by atoms with E-state index >= 15 is 0 Å². The minimum atomic E-state index is 0.0593. The smallest absolute Gasteiger partial charge is 0.0777 e. The lowest BCUT2D eigenvalue weighted by molar-refractivity contribution is -0.0585. The topological polar surface area (TPSA) is 24.5 Å². The van der Waals surface area contributed by atoms with Crippen LogP contribution in [0, 0.1) is 5.41 Å². The third kappa shape index (κ3) is 5.41. The maximum absolute atomic E-state index is 5.70. The molecule has 1 heterocycles. The lowest BCUT2D eigenvalue weighted by Crippen LogP contribution is -2.51. The number of nitrogens with zero attached hydrogens (tertiary/aromatic N) is 1. The molecular weight excluding hydrogens is 236 g/mol. The Bertz CT molecular complexity index is 259. The molecule has 0 aromatic heterocycles. The number of likely N-dealkylation sites (tertiary alicyclic amines) is 1. The Morgan fingerprint density at radius 3 is 2.68 bits per heavy atom. The van der Waals surface area contributed by atoms with Crippen LogP contribution in [-0.2, 0) is 4.74 Å².